The number of hydrogen-bond donors (Lipinski definition) is 1. The van der Waals surface area contributed by atoms with Gasteiger partial charge in [-0.05, 0) is 27.2 Å². The first kappa shape index (κ1) is 12.9. The topological polar surface area (TPSA) is 65.8 Å². The summed E-state index contributed by atoms with van der Waals surface area (Å²) in [5.41, 5.74) is 6.23. The van der Waals surface area contributed by atoms with Crippen LogP contribution in [0.3, 0.4) is 0 Å². The first-order valence-electron chi connectivity index (χ1n) is 5.32. The van der Waals surface area contributed by atoms with Crippen LogP contribution in [0.5, 0.6) is 0 Å². The number of nitrogens with one attached hydrogen (secondary N) is 1. The Morgan fingerprint density at radius 1 is 1.56 bits per heavy atom. The number of amides is 1. The fourth-order valence-corrected chi connectivity index (χ4v) is 1.53. The monoisotopic (exact) mass is 231 g/mol. The number of likely N-dealkylation sites (tertiary alicyclic amines) is 1. The molecule has 16 heavy (non-hydrogen) atoms. The highest BCUT2D eigenvalue weighted by Crippen LogP contribution is 2.19. The van der Waals surface area contributed by atoms with Crippen molar-refractivity contribution in [2.24, 2.45) is 5.11 Å². The second-order valence-corrected chi connectivity index (χ2v) is 4.93. The number of hydrogen-bond acceptors (Lipinski definition) is 4. The molecule has 0 radical (unpaired) electrons. The second kappa shape index (κ2) is 4.76. The van der Waals surface area contributed by atoms with Crippen LogP contribution in [0.25, 0.3) is 0 Å². The minimum atomic E-state index is -1.27. The number of halogens is 1. The van der Waals surface area contributed by atoms with Gasteiger partial charge in [-0.2, -0.15) is 5.11 Å². The zero-order valence-corrected chi connectivity index (χ0v) is 9.86. The van der Waals surface area contributed by atoms with E-state index in [0.29, 0.717) is 13.0 Å². The average molecular weight is 231 g/mol. The van der Waals surface area contributed by atoms with Crippen molar-refractivity contribution in [2.75, 3.05) is 13.1 Å². The van der Waals surface area contributed by atoms with Crippen LogP contribution in [-0.2, 0) is 4.74 Å². The zero-order chi connectivity index (χ0) is 12.3. The standard InChI is InChI=1S/C10H18FN3O2/c1-10(2,3)16-9(15)14-5-4-8(13-12)7(11)6-14/h7-8,12H,4-6H2,1-3H3/t7-,8-/m0/s1. The van der Waals surface area contributed by atoms with Gasteiger partial charge in [-0.15, -0.1) is 0 Å². The van der Waals surface area contributed by atoms with Crippen LogP contribution in [0.4, 0.5) is 9.18 Å². The minimum Gasteiger partial charge on any atom is -0.444 e. The molecule has 0 aromatic heterocycles. The Morgan fingerprint density at radius 2 is 2.19 bits per heavy atom. The van der Waals surface area contributed by atoms with Gasteiger partial charge in [0.2, 0.25) is 0 Å². The molecule has 1 N–H and O–H groups in total. The maximum Gasteiger partial charge on any atom is 0.410 e. The Balaban J connectivity index is 2.51. The molecule has 1 amide bonds. The van der Waals surface area contributed by atoms with Gasteiger partial charge in [-0.1, -0.05) is 0 Å². The van der Waals surface area contributed by atoms with Gasteiger partial charge in [0.05, 0.1) is 6.54 Å². The number of carbonyl (C=O) groups is 1. The normalized spacial score (nSPS) is 26.4. The van der Waals surface area contributed by atoms with Gasteiger partial charge in [0.15, 0.2) is 0 Å². The van der Waals surface area contributed by atoms with Crippen molar-refractivity contribution in [3.63, 3.8) is 0 Å². The third-order valence-corrected chi connectivity index (χ3v) is 2.32. The van der Waals surface area contributed by atoms with Crippen molar-refractivity contribution in [3.8, 4) is 0 Å². The van der Waals surface area contributed by atoms with Gasteiger partial charge in [0.1, 0.15) is 17.8 Å². The molecule has 1 fully saturated rings. The maximum atomic E-state index is 13.4. The molecule has 0 aromatic carbocycles. The van der Waals surface area contributed by atoms with Crippen LogP contribution in [-0.4, -0.2) is 41.9 Å². The fourth-order valence-electron chi connectivity index (χ4n) is 1.53. The lowest BCUT2D eigenvalue weighted by atomic mass is 10.0. The van der Waals surface area contributed by atoms with E-state index in [1.807, 2.05) is 0 Å². The highest BCUT2D eigenvalue weighted by atomic mass is 19.1. The Hall–Kier alpha value is -1.20. The summed E-state index contributed by atoms with van der Waals surface area (Å²) in [6.45, 7) is 5.65. The summed E-state index contributed by atoms with van der Waals surface area (Å²) >= 11 is 0. The molecule has 6 heteroatoms. The van der Waals surface area contributed by atoms with Crippen LogP contribution in [0.15, 0.2) is 5.11 Å². The number of piperidine rings is 1. The highest BCUT2D eigenvalue weighted by Gasteiger charge is 2.33. The van der Waals surface area contributed by atoms with Crippen molar-refractivity contribution in [1.82, 2.24) is 4.90 Å². The van der Waals surface area contributed by atoms with Gasteiger partial charge in [0.25, 0.3) is 0 Å². The molecule has 0 bridgehead atoms. The van der Waals surface area contributed by atoms with E-state index in [1.165, 1.54) is 4.90 Å². The third-order valence-electron chi connectivity index (χ3n) is 2.32. The Labute approximate surface area is 94.5 Å². The Kier molecular flexibility index (Phi) is 3.83. The molecule has 5 nitrogen and oxygen atoms in total. The summed E-state index contributed by atoms with van der Waals surface area (Å²) in [5, 5.41) is 3.19. The van der Waals surface area contributed by atoms with E-state index in [-0.39, 0.29) is 6.54 Å². The van der Waals surface area contributed by atoms with Gasteiger partial charge in [-0.3, -0.25) is 0 Å². The maximum absolute atomic E-state index is 13.4. The molecular weight excluding hydrogens is 213 g/mol. The summed E-state index contributed by atoms with van der Waals surface area (Å²) < 4.78 is 18.6. The molecule has 92 valence electrons. The smallest absolute Gasteiger partial charge is 0.410 e. The van der Waals surface area contributed by atoms with E-state index in [4.69, 9.17) is 10.3 Å². The minimum absolute atomic E-state index is 0.0397. The molecule has 1 aliphatic heterocycles. The molecule has 1 aliphatic rings. The van der Waals surface area contributed by atoms with Crippen molar-refractivity contribution >= 4 is 6.09 Å². The van der Waals surface area contributed by atoms with Crippen molar-refractivity contribution in [2.45, 2.75) is 45.0 Å². The zero-order valence-electron chi connectivity index (χ0n) is 9.86. The van der Waals surface area contributed by atoms with Gasteiger partial charge >= 0.3 is 6.09 Å². The largest absolute Gasteiger partial charge is 0.444 e. The molecule has 1 heterocycles. The number of ether oxygens (including phenoxy) is 1. The van der Waals surface area contributed by atoms with Crippen LogP contribution >= 0.6 is 0 Å². The Morgan fingerprint density at radius 3 is 2.62 bits per heavy atom. The summed E-state index contributed by atoms with van der Waals surface area (Å²) in [7, 11) is 0. The summed E-state index contributed by atoms with van der Waals surface area (Å²) in [5.74, 6) is 0. The Bertz CT molecular complexity index is 278. The first-order valence-corrected chi connectivity index (χ1v) is 5.32. The molecule has 0 unspecified atom stereocenters. The van der Waals surface area contributed by atoms with Crippen molar-refractivity contribution in [3.05, 3.63) is 0 Å². The van der Waals surface area contributed by atoms with E-state index >= 15 is 0 Å². The molecule has 2 atom stereocenters. The van der Waals surface area contributed by atoms with Gasteiger partial charge < -0.3 is 9.64 Å². The van der Waals surface area contributed by atoms with E-state index in [0.717, 1.165) is 0 Å². The predicted octanol–water partition coefficient (Wildman–Crippen LogP) is 2.36. The molecule has 0 aliphatic carbocycles. The van der Waals surface area contributed by atoms with Gasteiger partial charge in [0, 0.05) is 6.54 Å². The van der Waals surface area contributed by atoms with E-state index in [2.05, 4.69) is 5.11 Å². The molecular formula is C10H18FN3O2. The molecule has 1 rings (SSSR count). The second-order valence-electron chi connectivity index (χ2n) is 4.93. The number of rotatable bonds is 1. The van der Waals surface area contributed by atoms with Crippen LogP contribution < -0.4 is 0 Å². The molecule has 0 spiro atoms. The molecule has 1 saturated heterocycles. The summed E-state index contributed by atoms with van der Waals surface area (Å²) in [6.07, 6.45) is -1.39. The lowest BCUT2D eigenvalue weighted by Crippen LogP contribution is -2.48. The molecule has 0 saturated carbocycles. The van der Waals surface area contributed by atoms with Crippen LogP contribution in [0, 0.1) is 5.53 Å². The number of carbonyl (C=O) groups excluding carboxylic acids is 1. The van der Waals surface area contributed by atoms with E-state index in [9.17, 15) is 9.18 Å². The third kappa shape index (κ3) is 3.43. The van der Waals surface area contributed by atoms with E-state index in [1.54, 1.807) is 20.8 Å². The quantitative estimate of drug-likeness (QED) is 0.704. The average Bonchev–Trinajstić information content (AvgIpc) is 2.15. The van der Waals surface area contributed by atoms with Crippen LogP contribution in [0.2, 0.25) is 0 Å². The lowest BCUT2D eigenvalue weighted by Gasteiger charge is -2.33. The number of alkyl halides is 1. The predicted molar refractivity (Wildman–Crippen MR) is 56.3 cm³/mol. The van der Waals surface area contributed by atoms with Crippen molar-refractivity contribution in [1.29, 1.82) is 5.53 Å². The molecule has 0 aromatic rings. The SMILES string of the molecule is CC(C)(C)OC(=O)N1CC[C@H](N=N)[C@@H](F)C1. The first-order chi connectivity index (χ1) is 7.33. The summed E-state index contributed by atoms with van der Waals surface area (Å²) in [4.78, 5) is 12.9. The highest BCUT2D eigenvalue weighted by molar-refractivity contribution is 5.68. The number of nitrogens with zero attached hydrogens (tertiary/aromatic N) is 2. The van der Waals surface area contributed by atoms with Crippen molar-refractivity contribution < 1.29 is 13.9 Å². The van der Waals surface area contributed by atoms with Crippen LogP contribution in [0.1, 0.15) is 27.2 Å². The van der Waals surface area contributed by atoms with Gasteiger partial charge in [-0.25, -0.2) is 14.7 Å². The summed E-state index contributed by atoms with van der Waals surface area (Å²) in [6, 6.07) is -0.612. The fraction of sp³-hybridized carbons (Fsp3) is 0.900. The lowest BCUT2D eigenvalue weighted by molar-refractivity contribution is 0.0112. The van der Waals surface area contributed by atoms with E-state index < -0.39 is 23.9 Å².